The van der Waals surface area contributed by atoms with E-state index in [1.54, 1.807) is 0 Å². The number of hydrogen-bond donors (Lipinski definition) is 0. The first-order valence-corrected chi connectivity index (χ1v) is 9.39. The molecule has 2 aliphatic rings. The number of piperidine rings is 1. The molecule has 2 heterocycles. The minimum absolute atomic E-state index is 0.0147. The summed E-state index contributed by atoms with van der Waals surface area (Å²) in [6.45, 7) is 7.42. The van der Waals surface area contributed by atoms with Gasteiger partial charge in [0.15, 0.2) is 0 Å². The molecular weight excluding hydrogens is 290 g/mol. The summed E-state index contributed by atoms with van der Waals surface area (Å²) in [5.41, 5.74) is 0.143. The van der Waals surface area contributed by atoms with Crippen LogP contribution in [0.4, 0.5) is 0 Å². The Labute approximate surface area is 128 Å². The summed E-state index contributed by atoms with van der Waals surface area (Å²) in [5, 5.41) is 0. The standard InChI is InChI=1S/C14H27N3O3S/c1-12-9-16(21(4,19)20)10-13(18)17(12)11-14(2)5-7-15(3)8-6-14/h12H,5-11H2,1-4H3. The average Bonchev–Trinajstić information content (AvgIpc) is 2.37. The number of sulfonamides is 1. The fourth-order valence-electron chi connectivity index (χ4n) is 3.17. The van der Waals surface area contributed by atoms with Crippen molar-refractivity contribution in [2.75, 3.05) is 46.0 Å². The third-order valence-corrected chi connectivity index (χ3v) is 6.06. The van der Waals surface area contributed by atoms with Gasteiger partial charge in [0.05, 0.1) is 12.8 Å². The van der Waals surface area contributed by atoms with E-state index in [0.717, 1.165) is 32.5 Å². The van der Waals surface area contributed by atoms with E-state index in [1.165, 1.54) is 10.6 Å². The zero-order chi connectivity index (χ0) is 15.8. The number of piperazine rings is 1. The minimum Gasteiger partial charge on any atom is -0.337 e. The zero-order valence-corrected chi connectivity index (χ0v) is 14.3. The lowest BCUT2D eigenvalue weighted by Gasteiger charge is -2.45. The van der Waals surface area contributed by atoms with Crippen LogP contribution in [0.25, 0.3) is 0 Å². The molecule has 0 aliphatic carbocycles. The van der Waals surface area contributed by atoms with Gasteiger partial charge in [-0.2, -0.15) is 4.31 Å². The predicted octanol–water partition coefficient (Wildman–Crippen LogP) is 0.211. The van der Waals surface area contributed by atoms with Crippen molar-refractivity contribution in [3.63, 3.8) is 0 Å². The highest BCUT2D eigenvalue weighted by Gasteiger charge is 2.38. The first-order chi connectivity index (χ1) is 9.61. The molecule has 0 bridgehead atoms. The Balaban J connectivity index is 2.03. The third-order valence-electron chi connectivity index (χ3n) is 4.85. The normalized spacial score (nSPS) is 28.9. The van der Waals surface area contributed by atoms with E-state index in [1.807, 2.05) is 11.8 Å². The largest absolute Gasteiger partial charge is 0.337 e. The zero-order valence-electron chi connectivity index (χ0n) is 13.5. The molecule has 2 rings (SSSR count). The number of carbonyl (C=O) groups is 1. The fraction of sp³-hybridized carbons (Fsp3) is 0.929. The molecule has 122 valence electrons. The Morgan fingerprint density at radius 2 is 1.86 bits per heavy atom. The van der Waals surface area contributed by atoms with Gasteiger partial charge in [0.2, 0.25) is 15.9 Å². The van der Waals surface area contributed by atoms with Gasteiger partial charge in [0, 0.05) is 19.1 Å². The molecule has 2 saturated heterocycles. The van der Waals surface area contributed by atoms with E-state index < -0.39 is 10.0 Å². The van der Waals surface area contributed by atoms with Gasteiger partial charge in [0.1, 0.15) is 0 Å². The molecule has 6 nitrogen and oxygen atoms in total. The summed E-state index contributed by atoms with van der Waals surface area (Å²) >= 11 is 0. The monoisotopic (exact) mass is 317 g/mol. The van der Waals surface area contributed by atoms with Crippen LogP contribution in [0.5, 0.6) is 0 Å². The molecule has 2 aliphatic heterocycles. The molecule has 0 saturated carbocycles. The smallest absolute Gasteiger partial charge is 0.238 e. The molecule has 1 atom stereocenters. The Hall–Kier alpha value is -0.660. The molecule has 0 aromatic rings. The second kappa shape index (κ2) is 5.85. The van der Waals surface area contributed by atoms with Gasteiger partial charge < -0.3 is 9.80 Å². The number of rotatable bonds is 3. The Morgan fingerprint density at radius 3 is 2.33 bits per heavy atom. The highest BCUT2D eigenvalue weighted by atomic mass is 32.2. The molecule has 0 aromatic heterocycles. The van der Waals surface area contributed by atoms with Crippen LogP contribution in [0, 0.1) is 5.41 Å². The topological polar surface area (TPSA) is 60.9 Å². The maximum absolute atomic E-state index is 12.4. The van der Waals surface area contributed by atoms with Gasteiger partial charge in [-0.1, -0.05) is 6.92 Å². The lowest BCUT2D eigenvalue weighted by atomic mass is 9.79. The molecule has 1 amide bonds. The summed E-state index contributed by atoms with van der Waals surface area (Å²) in [6.07, 6.45) is 3.33. The maximum Gasteiger partial charge on any atom is 0.238 e. The minimum atomic E-state index is -3.29. The van der Waals surface area contributed by atoms with Gasteiger partial charge >= 0.3 is 0 Å². The lowest BCUT2D eigenvalue weighted by Crippen LogP contribution is -2.59. The molecular formula is C14H27N3O3S. The van der Waals surface area contributed by atoms with Crippen molar-refractivity contribution in [1.29, 1.82) is 0 Å². The number of hydrogen-bond acceptors (Lipinski definition) is 4. The second-order valence-electron chi connectivity index (χ2n) is 7.04. The number of likely N-dealkylation sites (tertiary alicyclic amines) is 1. The van der Waals surface area contributed by atoms with E-state index >= 15 is 0 Å². The van der Waals surface area contributed by atoms with Crippen LogP contribution in [0.3, 0.4) is 0 Å². The summed E-state index contributed by atoms with van der Waals surface area (Å²) in [5.74, 6) is -0.0701. The molecule has 21 heavy (non-hydrogen) atoms. The Morgan fingerprint density at radius 1 is 1.29 bits per heavy atom. The van der Waals surface area contributed by atoms with Crippen molar-refractivity contribution in [2.45, 2.75) is 32.7 Å². The van der Waals surface area contributed by atoms with Crippen LogP contribution < -0.4 is 0 Å². The van der Waals surface area contributed by atoms with E-state index in [4.69, 9.17) is 0 Å². The summed E-state index contributed by atoms with van der Waals surface area (Å²) in [7, 11) is -1.17. The Kier molecular flexibility index (Phi) is 4.66. The van der Waals surface area contributed by atoms with Gasteiger partial charge in [-0.3, -0.25) is 4.79 Å². The van der Waals surface area contributed by atoms with E-state index in [-0.39, 0.29) is 23.9 Å². The molecule has 1 unspecified atom stereocenters. The van der Waals surface area contributed by atoms with Crippen molar-refractivity contribution in [1.82, 2.24) is 14.1 Å². The molecule has 0 aromatic carbocycles. The van der Waals surface area contributed by atoms with Crippen molar-refractivity contribution >= 4 is 15.9 Å². The van der Waals surface area contributed by atoms with Crippen LogP contribution in [-0.2, 0) is 14.8 Å². The highest BCUT2D eigenvalue weighted by Crippen LogP contribution is 2.32. The van der Waals surface area contributed by atoms with Crippen LogP contribution >= 0.6 is 0 Å². The van der Waals surface area contributed by atoms with Gasteiger partial charge in [-0.05, 0) is 45.3 Å². The quantitative estimate of drug-likeness (QED) is 0.747. The van der Waals surface area contributed by atoms with Gasteiger partial charge in [-0.25, -0.2) is 8.42 Å². The number of nitrogens with zero attached hydrogens (tertiary/aromatic N) is 3. The molecule has 0 radical (unpaired) electrons. The van der Waals surface area contributed by atoms with Crippen molar-refractivity contribution in [2.24, 2.45) is 5.41 Å². The number of amides is 1. The van der Waals surface area contributed by atoms with Crippen molar-refractivity contribution in [3.8, 4) is 0 Å². The van der Waals surface area contributed by atoms with Crippen LogP contribution in [0.1, 0.15) is 26.7 Å². The third kappa shape index (κ3) is 3.96. The SMILES string of the molecule is CC1CN(S(C)(=O)=O)CC(=O)N1CC1(C)CCN(C)CC1. The Bertz CT molecular complexity index is 498. The number of carbonyl (C=O) groups excluding carboxylic acids is 1. The first kappa shape index (κ1) is 16.7. The van der Waals surface area contributed by atoms with E-state index in [9.17, 15) is 13.2 Å². The molecule has 7 heteroatoms. The summed E-state index contributed by atoms with van der Waals surface area (Å²) < 4.78 is 24.5. The molecule has 0 N–H and O–H groups in total. The summed E-state index contributed by atoms with van der Waals surface area (Å²) in [6, 6.07) is -0.0579. The highest BCUT2D eigenvalue weighted by molar-refractivity contribution is 7.88. The van der Waals surface area contributed by atoms with Crippen molar-refractivity contribution in [3.05, 3.63) is 0 Å². The second-order valence-corrected chi connectivity index (χ2v) is 9.02. The first-order valence-electron chi connectivity index (χ1n) is 7.54. The van der Waals surface area contributed by atoms with Crippen LogP contribution in [0.2, 0.25) is 0 Å². The lowest BCUT2D eigenvalue weighted by molar-refractivity contribution is -0.139. The van der Waals surface area contributed by atoms with Crippen LogP contribution in [0.15, 0.2) is 0 Å². The van der Waals surface area contributed by atoms with Crippen LogP contribution in [-0.4, -0.2) is 80.5 Å². The van der Waals surface area contributed by atoms with Gasteiger partial charge in [0.25, 0.3) is 0 Å². The molecule has 2 fully saturated rings. The molecule has 0 spiro atoms. The van der Waals surface area contributed by atoms with Gasteiger partial charge in [-0.15, -0.1) is 0 Å². The predicted molar refractivity (Wildman–Crippen MR) is 82.4 cm³/mol. The van der Waals surface area contributed by atoms with E-state index in [2.05, 4.69) is 18.9 Å². The fourth-order valence-corrected chi connectivity index (χ4v) is 4.00. The summed E-state index contributed by atoms with van der Waals surface area (Å²) in [4.78, 5) is 16.5. The van der Waals surface area contributed by atoms with E-state index in [0.29, 0.717) is 6.54 Å². The van der Waals surface area contributed by atoms with Crippen molar-refractivity contribution < 1.29 is 13.2 Å². The maximum atomic E-state index is 12.4. The average molecular weight is 317 g/mol.